The number of rotatable bonds is 6. The number of benzene rings is 1. The van der Waals surface area contributed by atoms with Gasteiger partial charge in [-0.1, -0.05) is 32.4 Å². The van der Waals surface area contributed by atoms with Gasteiger partial charge in [0, 0.05) is 6.54 Å². The summed E-state index contributed by atoms with van der Waals surface area (Å²) in [4.78, 5) is 0.365. The molecule has 4 nitrogen and oxygen atoms in total. The second-order valence-corrected chi connectivity index (χ2v) is 7.74. The molecule has 0 bridgehead atoms. The zero-order chi connectivity index (χ0) is 15.3. The van der Waals surface area contributed by atoms with Crippen LogP contribution in [0.2, 0.25) is 0 Å². The van der Waals surface area contributed by atoms with Crippen molar-refractivity contribution in [3.63, 3.8) is 0 Å². The zero-order valence-electron chi connectivity index (χ0n) is 12.9. The predicted octanol–water partition coefficient (Wildman–Crippen LogP) is 2.16. The van der Waals surface area contributed by atoms with Gasteiger partial charge in [0.25, 0.3) is 0 Å². The summed E-state index contributed by atoms with van der Waals surface area (Å²) < 4.78 is 27.4. The van der Waals surface area contributed by atoms with E-state index in [2.05, 4.69) is 23.9 Å². The molecule has 118 valence electrons. The van der Waals surface area contributed by atoms with E-state index >= 15 is 0 Å². The van der Waals surface area contributed by atoms with Crippen LogP contribution >= 0.6 is 0 Å². The van der Waals surface area contributed by atoms with Gasteiger partial charge in [-0.25, -0.2) is 13.1 Å². The van der Waals surface area contributed by atoms with Crippen molar-refractivity contribution in [2.24, 2.45) is 11.8 Å². The number of aryl methyl sites for hydroxylation is 1. The minimum absolute atomic E-state index is 0.365. The summed E-state index contributed by atoms with van der Waals surface area (Å²) in [5.74, 6) is 0.925. The average Bonchev–Trinajstić information content (AvgIpc) is 2.47. The first-order chi connectivity index (χ1) is 10.0. The Balaban J connectivity index is 1.97. The first-order valence-electron chi connectivity index (χ1n) is 7.82. The van der Waals surface area contributed by atoms with Crippen molar-refractivity contribution in [2.45, 2.75) is 38.0 Å². The van der Waals surface area contributed by atoms with E-state index < -0.39 is 10.0 Å². The van der Waals surface area contributed by atoms with Crippen molar-refractivity contribution in [2.75, 3.05) is 19.6 Å². The molecule has 5 heteroatoms. The molecule has 1 aromatic carbocycles. The molecule has 0 saturated carbocycles. The number of hydrogen-bond acceptors (Lipinski definition) is 3. The quantitative estimate of drug-likeness (QED) is 0.846. The first-order valence-corrected chi connectivity index (χ1v) is 9.30. The van der Waals surface area contributed by atoms with Crippen LogP contribution in [0.3, 0.4) is 0 Å². The van der Waals surface area contributed by atoms with E-state index in [-0.39, 0.29) is 0 Å². The first kappa shape index (κ1) is 16.5. The molecule has 2 atom stereocenters. The smallest absolute Gasteiger partial charge is 0.240 e. The van der Waals surface area contributed by atoms with E-state index in [0.29, 0.717) is 23.3 Å². The van der Waals surface area contributed by atoms with Crippen LogP contribution in [0.4, 0.5) is 0 Å². The molecule has 1 aromatic rings. The van der Waals surface area contributed by atoms with Crippen molar-refractivity contribution < 1.29 is 8.42 Å². The standard InChI is InChI=1S/C16H26N2O2S/c1-3-4-14-5-7-16(8-6-14)21(19,20)18-12-15-9-10-17-11-13(15)2/h5-8,13,15,17-18H,3-4,9-12H2,1-2H3. The van der Waals surface area contributed by atoms with Crippen LogP contribution in [0.25, 0.3) is 0 Å². The highest BCUT2D eigenvalue weighted by Gasteiger charge is 2.23. The van der Waals surface area contributed by atoms with E-state index in [1.54, 1.807) is 12.1 Å². The third-order valence-electron chi connectivity index (χ3n) is 4.27. The summed E-state index contributed by atoms with van der Waals surface area (Å²) in [5, 5.41) is 3.33. The molecule has 1 aliphatic heterocycles. The maximum Gasteiger partial charge on any atom is 0.240 e. The van der Waals surface area contributed by atoms with Crippen LogP contribution < -0.4 is 10.0 Å². The van der Waals surface area contributed by atoms with E-state index in [9.17, 15) is 8.42 Å². The molecule has 0 spiro atoms. The van der Waals surface area contributed by atoms with Gasteiger partial charge in [-0.2, -0.15) is 0 Å². The zero-order valence-corrected chi connectivity index (χ0v) is 13.7. The Morgan fingerprint density at radius 3 is 2.62 bits per heavy atom. The van der Waals surface area contributed by atoms with Gasteiger partial charge in [0.15, 0.2) is 0 Å². The van der Waals surface area contributed by atoms with Gasteiger partial charge >= 0.3 is 0 Å². The van der Waals surface area contributed by atoms with Crippen LogP contribution in [0.5, 0.6) is 0 Å². The van der Waals surface area contributed by atoms with Gasteiger partial charge < -0.3 is 5.32 Å². The van der Waals surface area contributed by atoms with Crippen LogP contribution in [-0.4, -0.2) is 28.1 Å². The molecule has 2 rings (SSSR count). The van der Waals surface area contributed by atoms with Crippen molar-refractivity contribution in [1.29, 1.82) is 0 Å². The lowest BCUT2D eigenvalue weighted by Gasteiger charge is -2.29. The highest BCUT2D eigenvalue weighted by molar-refractivity contribution is 7.89. The number of piperidine rings is 1. The molecule has 2 unspecified atom stereocenters. The SMILES string of the molecule is CCCc1ccc(S(=O)(=O)NCC2CCNCC2C)cc1. The van der Waals surface area contributed by atoms with Crippen molar-refractivity contribution in [3.8, 4) is 0 Å². The van der Waals surface area contributed by atoms with E-state index in [4.69, 9.17) is 0 Å². The average molecular weight is 310 g/mol. The molecule has 0 amide bonds. The molecule has 2 N–H and O–H groups in total. The molecule has 1 aliphatic rings. The van der Waals surface area contributed by atoms with E-state index in [0.717, 1.165) is 32.4 Å². The summed E-state index contributed by atoms with van der Waals surface area (Å²) in [6.07, 6.45) is 3.08. The minimum atomic E-state index is -3.39. The fourth-order valence-electron chi connectivity index (χ4n) is 2.80. The van der Waals surface area contributed by atoms with Gasteiger partial charge in [-0.15, -0.1) is 0 Å². The number of hydrogen-bond donors (Lipinski definition) is 2. The van der Waals surface area contributed by atoms with E-state index in [1.165, 1.54) is 5.56 Å². The lowest BCUT2D eigenvalue weighted by atomic mass is 9.88. The summed E-state index contributed by atoms with van der Waals surface area (Å²) in [6.45, 7) is 6.76. The highest BCUT2D eigenvalue weighted by Crippen LogP contribution is 2.19. The van der Waals surface area contributed by atoms with Gasteiger partial charge in [-0.05, 0) is 55.5 Å². The van der Waals surface area contributed by atoms with Crippen LogP contribution in [0.15, 0.2) is 29.2 Å². The minimum Gasteiger partial charge on any atom is -0.316 e. The largest absolute Gasteiger partial charge is 0.316 e. The Hall–Kier alpha value is -0.910. The summed E-state index contributed by atoms with van der Waals surface area (Å²) >= 11 is 0. The van der Waals surface area contributed by atoms with E-state index in [1.807, 2.05) is 12.1 Å². The van der Waals surface area contributed by atoms with Crippen LogP contribution in [0.1, 0.15) is 32.3 Å². The fourth-order valence-corrected chi connectivity index (χ4v) is 3.89. The molecular weight excluding hydrogens is 284 g/mol. The Morgan fingerprint density at radius 1 is 1.29 bits per heavy atom. The Labute approximate surface area is 128 Å². The maximum atomic E-state index is 12.3. The molecular formula is C16H26N2O2S. The van der Waals surface area contributed by atoms with Gasteiger partial charge in [0.1, 0.15) is 0 Å². The summed E-state index contributed by atoms with van der Waals surface area (Å²) in [5.41, 5.74) is 1.18. The van der Waals surface area contributed by atoms with Crippen LogP contribution in [-0.2, 0) is 16.4 Å². The molecule has 1 heterocycles. The second kappa shape index (κ2) is 7.38. The third kappa shape index (κ3) is 4.53. The monoisotopic (exact) mass is 310 g/mol. The Morgan fingerprint density at radius 2 is 2.00 bits per heavy atom. The fraction of sp³-hybridized carbons (Fsp3) is 0.625. The van der Waals surface area contributed by atoms with Gasteiger partial charge in [-0.3, -0.25) is 0 Å². The van der Waals surface area contributed by atoms with Crippen molar-refractivity contribution in [3.05, 3.63) is 29.8 Å². The summed E-state index contributed by atoms with van der Waals surface area (Å²) in [7, 11) is -3.39. The molecule has 0 aliphatic carbocycles. The molecule has 0 radical (unpaired) electrons. The highest BCUT2D eigenvalue weighted by atomic mass is 32.2. The van der Waals surface area contributed by atoms with Crippen molar-refractivity contribution in [1.82, 2.24) is 10.0 Å². The second-order valence-electron chi connectivity index (χ2n) is 5.98. The number of nitrogens with one attached hydrogen (secondary N) is 2. The molecule has 0 aromatic heterocycles. The van der Waals surface area contributed by atoms with Gasteiger partial charge in [0.2, 0.25) is 10.0 Å². The normalized spacial score (nSPS) is 23.1. The Kier molecular flexibility index (Phi) is 5.79. The molecule has 21 heavy (non-hydrogen) atoms. The topological polar surface area (TPSA) is 58.2 Å². The van der Waals surface area contributed by atoms with Gasteiger partial charge in [0.05, 0.1) is 4.90 Å². The molecule has 1 fully saturated rings. The maximum absolute atomic E-state index is 12.3. The van der Waals surface area contributed by atoms with Crippen molar-refractivity contribution >= 4 is 10.0 Å². The lowest BCUT2D eigenvalue weighted by Crippen LogP contribution is -2.41. The third-order valence-corrected chi connectivity index (χ3v) is 5.71. The lowest BCUT2D eigenvalue weighted by molar-refractivity contribution is 0.274. The Bertz CT molecular complexity index is 540. The molecule has 1 saturated heterocycles. The number of sulfonamides is 1. The summed E-state index contributed by atoms with van der Waals surface area (Å²) in [6, 6.07) is 7.23. The predicted molar refractivity (Wildman–Crippen MR) is 85.8 cm³/mol. The van der Waals surface area contributed by atoms with Crippen LogP contribution in [0, 0.1) is 11.8 Å².